The number of nitrogens with one attached hydrogen (secondary N) is 1. The minimum atomic E-state index is -2.97. The lowest BCUT2D eigenvalue weighted by atomic mass is 9.89. The third-order valence-corrected chi connectivity index (χ3v) is 3.05. The predicted octanol–water partition coefficient (Wildman–Crippen LogP) is -0.176. The molecule has 98 valence electrons. The number of carbonyl (C=O) groups is 1. The summed E-state index contributed by atoms with van der Waals surface area (Å²) in [5.74, 6) is -1.40. The lowest BCUT2D eigenvalue weighted by Crippen LogP contribution is -2.36. The Bertz CT molecular complexity index is 414. The molecule has 2 unspecified atom stereocenters. The molecule has 6 nitrogen and oxygen atoms in total. The first-order chi connectivity index (χ1) is 8.54. The molecular formula is C11H14NO5P. The van der Waals surface area contributed by atoms with Crippen LogP contribution in [0.1, 0.15) is 11.1 Å². The van der Waals surface area contributed by atoms with Gasteiger partial charge in [-0.2, -0.15) is 0 Å². The second kappa shape index (κ2) is 7.18. The summed E-state index contributed by atoms with van der Waals surface area (Å²) in [5, 5.41) is 18.0. The number of aliphatic hydroxyl groups excluding tert-OH is 1. The molecule has 2 rings (SSSR count). The van der Waals surface area contributed by atoms with Crippen molar-refractivity contribution in [3.8, 4) is 0 Å². The Kier molecular flexibility index (Phi) is 5.88. The van der Waals surface area contributed by atoms with Crippen LogP contribution >= 0.6 is 8.18 Å². The Morgan fingerprint density at radius 3 is 2.06 bits per heavy atom. The van der Waals surface area contributed by atoms with E-state index in [9.17, 15) is 14.3 Å². The van der Waals surface area contributed by atoms with Gasteiger partial charge in [-0.1, -0.05) is 33.9 Å². The fraction of sp³-hybridized carbons (Fsp3) is 0.364. The van der Waals surface area contributed by atoms with Crippen molar-refractivity contribution < 1.29 is 24.5 Å². The van der Waals surface area contributed by atoms with Gasteiger partial charge in [0.2, 0.25) is 0 Å². The van der Waals surface area contributed by atoms with Gasteiger partial charge in [0.15, 0.2) is 6.04 Å². The third-order valence-electron chi connectivity index (χ3n) is 2.52. The Morgan fingerprint density at radius 2 is 1.89 bits per heavy atom. The van der Waals surface area contributed by atoms with Gasteiger partial charge in [-0.3, -0.25) is 4.79 Å². The maximum Gasteiger partial charge on any atom is 0.409 e. The van der Waals surface area contributed by atoms with Gasteiger partial charge in [0, 0.05) is 0 Å². The van der Waals surface area contributed by atoms with Gasteiger partial charge in [0.1, 0.15) is 0 Å². The number of carboxylic acids is 1. The van der Waals surface area contributed by atoms with E-state index in [0.29, 0.717) is 0 Å². The topological polar surface area (TPSA) is 110 Å². The second-order valence-corrected chi connectivity index (χ2v) is 4.50. The minimum absolute atomic E-state index is 0.751. The maximum absolute atomic E-state index is 9.98. The van der Waals surface area contributed by atoms with E-state index in [1.807, 2.05) is 0 Å². The fourth-order valence-corrected chi connectivity index (χ4v) is 1.89. The normalized spacial score (nSPS) is 14.4. The van der Waals surface area contributed by atoms with Crippen LogP contribution in [-0.2, 0) is 22.2 Å². The number of rotatable bonds is 4. The second-order valence-electron chi connectivity index (χ2n) is 3.73. The molecule has 0 bridgehead atoms. The monoisotopic (exact) mass is 271 g/mol. The van der Waals surface area contributed by atoms with E-state index in [-0.39, 0.29) is 0 Å². The van der Waals surface area contributed by atoms with E-state index >= 15 is 0 Å². The summed E-state index contributed by atoms with van der Waals surface area (Å²) in [6.07, 6.45) is 2.60. The molecule has 7 heteroatoms. The molecule has 3 N–H and O–H groups in total. The van der Waals surface area contributed by atoms with Crippen molar-refractivity contribution in [2.75, 3.05) is 6.61 Å². The summed E-state index contributed by atoms with van der Waals surface area (Å²) in [7, 11) is -2.97. The van der Waals surface area contributed by atoms with Crippen molar-refractivity contribution in [2.45, 2.75) is 18.9 Å². The van der Waals surface area contributed by atoms with Crippen LogP contribution in [0.3, 0.4) is 0 Å². The fourth-order valence-electron chi connectivity index (χ4n) is 1.44. The Hall–Kier alpha value is -1.33. The van der Waals surface area contributed by atoms with Crippen molar-refractivity contribution in [3.63, 3.8) is 0 Å². The van der Waals surface area contributed by atoms with Gasteiger partial charge in [0.05, 0.1) is 6.61 Å². The molecule has 0 aliphatic heterocycles. The average Bonchev–Trinajstić information content (AvgIpc) is 2.28. The van der Waals surface area contributed by atoms with Crippen LogP contribution in [0, 0.1) is 0 Å². The molecule has 0 radical (unpaired) electrons. The highest BCUT2D eigenvalue weighted by atomic mass is 31.1. The number of fused-ring (bicyclic) bond motifs is 1. The van der Waals surface area contributed by atoms with E-state index in [2.05, 4.69) is 24.3 Å². The first-order valence-electron chi connectivity index (χ1n) is 5.35. The van der Waals surface area contributed by atoms with Gasteiger partial charge in [-0.15, -0.1) is 0 Å². The molecule has 18 heavy (non-hydrogen) atoms. The molecular weight excluding hydrogens is 257 g/mol. The lowest BCUT2D eigenvalue weighted by molar-refractivity contribution is -0.169. The zero-order valence-electron chi connectivity index (χ0n) is 9.57. The Labute approximate surface area is 105 Å². The number of hydrogen-bond donors (Lipinski definition) is 3. The largest absolute Gasteiger partial charge is 0.578 e. The summed E-state index contributed by atoms with van der Waals surface area (Å²) < 4.78 is 9.82. The standard InChI is InChI=1S/C8H8.C3H6NO5P/c1-2-4-8-6-5-7(8)3-1;5-1-2(3(6)7)4-10(8)9/h1-4H,5-6H2;2,5H,1H2,(H,6,7)(H,4,8,9). The molecule has 1 aliphatic carbocycles. The molecule has 0 saturated carbocycles. The minimum Gasteiger partial charge on any atom is -0.578 e. The zero-order valence-corrected chi connectivity index (χ0v) is 10.5. The summed E-state index contributed by atoms with van der Waals surface area (Å²) >= 11 is 0. The first-order valence-corrected chi connectivity index (χ1v) is 6.53. The SMILES string of the molecule is O=C(O)C(CO)N[P+](=O)[O-].c1ccc2c(c1)CC2. The van der Waals surface area contributed by atoms with Crippen LogP contribution in [0.2, 0.25) is 0 Å². The van der Waals surface area contributed by atoms with Crippen molar-refractivity contribution in [1.82, 2.24) is 5.09 Å². The molecule has 0 heterocycles. The average molecular weight is 271 g/mol. The van der Waals surface area contributed by atoms with Crippen LogP contribution in [0.5, 0.6) is 0 Å². The molecule has 0 saturated heterocycles. The van der Waals surface area contributed by atoms with E-state index in [4.69, 9.17) is 10.2 Å². The number of aryl methyl sites for hydroxylation is 2. The van der Waals surface area contributed by atoms with Crippen LogP contribution in [0.25, 0.3) is 0 Å². The Morgan fingerprint density at radius 1 is 1.39 bits per heavy atom. The summed E-state index contributed by atoms with van der Waals surface area (Å²) in [6, 6.07) is 7.20. The Balaban J connectivity index is 0.000000182. The van der Waals surface area contributed by atoms with Crippen molar-refractivity contribution in [3.05, 3.63) is 35.4 Å². The number of benzene rings is 1. The van der Waals surface area contributed by atoms with Gasteiger partial charge >= 0.3 is 14.1 Å². The van der Waals surface area contributed by atoms with E-state index in [0.717, 1.165) is 0 Å². The van der Waals surface area contributed by atoms with E-state index in [1.165, 1.54) is 12.8 Å². The van der Waals surface area contributed by atoms with Gasteiger partial charge in [-0.05, 0) is 24.0 Å². The van der Waals surface area contributed by atoms with Crippen LogP contribution < -0.4 is 9.98 Å². The maximum atomic E-state index is 9.98. The molecule has 2 atom stereocenters. The summed E-state index contributed by atoms with van der Waals surface area (Å²) in [4.78, 5) is 19.8. The molecule has 0 fully saturated rings. The molecule has 1 aromatic rings. The molecule has 1 aliphatic rings. The van der Waals surface area contributed by atoms with Crippen molar-refractivity contribution in [2.24, 2.45) is 0 Å². The molecule has 0 amide bonds. The van der Waals surface area contributed by atoms with E-state index in [1.54, 1.807) is 16.2 Å². The van der Waals surface area contributed by atoms with Crippen molar-refractivity contribution in [1.29, 1.82) is 0 Å². The lowest BCUT2D eigenvalue weighted by Gasteiger charge is -2.16. The van der Waals surface area contributed by atoms with Crippen molar-refractivity contribution >= 4 is 14.1 Å². The van der Waals surface area contributed by atoms with Crippen LogP contribution in [0.4, 0.5) is 0 Å². The van der Waals surface area contributed by atoms with Gasteiger partial charge < -0.3 is 15.1 Å². The van der Waals surface area contributed by atoms with E-state index < -0.39 is 26.8 Å². The molecule has 1 aromatic carbocycles. The smallest absolute Gasteiger partial charge is 0.409 e. The number of carboxylic acid groups (broad SMARTS) is 1. The van der Waals surface area contributed by atoms with Gasteiger partial charge in [0.25, 0.3) is 0 Å². The molecule has 0 spiro atoms. The summed E-state index contributed by atoms with van der Waals surface area (Å²) in [5.41, 5.74) is 3.10. The first kappa shape index (κ1) is 14.7. The highest BCUT2D eigenvalue weighted by Gasteiger charge is 2.20. The van der Waals surface area contributed by atoms with Crippen LogP contribution in [-0.4, -0.2) is 28.8 Å². The quantitative estimate of drug-likeness (QED) is 0.655. The highest BCUT2D eigenvalue weighted by Crippen LogP contribution is 2.20. The number of aliphatic hydroxyl groups is 1. The van der Waals surface area contributed by atoms with Crippen LogP contribution in [0.15, 0.2) is 24.3 Å². The highest BCUT2D eigenvalue weighted by molar-refractivity contribution is 7.34. The summed E-state index contributed by atoms with van der Waals surface area (Å²) in [6.45, 7) is -0.751. The molecule has 0 aromatic heterocycles. The third kappa shape index (κ3) is 4.50. The zero-order chi connectivity index (χ0) is 13.5. The predicted molar refractivity (Wildman–Crippen MR) is 63.1 cm³/mol. The number of hydrogen-bond acceptors (Lipinski definition) is 4. The van der Waals surface area contributed by atoms with Gasteiger partial charge in [-0.25, -0.2) is 0 Å². The number of aliphatic carboxylic acids is 1.